The lowest BCUT2D eigenvalue weighted by atomic mass is 10.2. The molecule has 0 aliphatic rings. The fraction of sp³-hybridized carbons (Fsp3) is 0.400. The molecule has 0 saturated carbocycles. The molecule has 21 heavy (non-hydrogen) atoms. The quantitative estimate of drug-likeness (QED) is 0.740. The zero-order valence-electron chi connectivity index (χ0n) is 12.3. The minimum Gasteiger partial charge on any atom is -0.487 e. The Labute approximate surface area is 133 Å². The van der Waals surface area contributed by atoms with Gasteiger partial charge in [-0.15, -0.1) is 0 Å². The van der Waals surface area contributed by atoms with Crippen LogP contribution in [0.5, 0.6) is 5.75 Å². The molecule has 2 aromatic rings. The largest absolute Gasteiger partial charge is 0.487 e. The molecule has 6 heteroatoms. The van der Waals surface area contributed by atoms with Crippen LogP contribution in [0.3, 0.4) is 0 Å². The van der Waals surface area contributed by atoms with E-state index < -0.39 is 0 Å². The molecule has 0 radical (unpaired) electrons. The van der Waals surface area contributed by atoms with Crippen molar-refractivity contribution < 1.29 is 9.47 Å². The molecule has 2 rings (SSSR count). The SMILES string of the molecule is COCCNCc1cc(OCc2cncn2C)ccc1Br. The van der Waals surface area contributed by atoms with Crippen LogP contribution in [0, 0.1) is 0 Å². The summed E-state index contributed by atoms with van der Waals surface area (Å²) in [7, 11) is 3.66. The zero-order chi connectivity index (χ0) is 15.1. The van der Waals surface area contributed by atoms with Gasteiger partial charge < -0.3 is 19.4 Å². The number of methoxy groups -OCH3 is 1. The molecule has 0 fully saturated rings. The van der Waals surface area contributed by atoms with Crippen LogP contribution in [0.25, 0.3) is 0 Å². The van der Waals surface area contributed by atoms with Crippen LogP contribution >= 0.6 is 15.9 Å². The highest BCUT2D eigenvalue weighted by atomic mass is 79.9. The van der Waals surface area contributed by atoms with Crippen molar-refractivity contribution >= 4 is 15.9 Å². The molecular weight excluding hydrogens is 334 g/mol. The van der Waals surface area contributed by atoms with E-state index in [1.807, 2.05) is 36.0 Å². The maximum atomic E-state index is 5.82. The number of benzene rings is 1. The van der Waals surface area contributed by atoms with E-state index in [-0.39, 0.29) is 0 Å². The van der Waals surface area contributed by atoms with Crippen LogP contribution in [0.2, 0.25) is 0 Å². The summed E-state index contributed by atoms with van der Waals surface area (Å²) in [5, 5.41) is 3.32. The summed E-state index contributed by atoms with van der Waals surface area (Å²) in [6.07, 6.45) is 3.58. The van der Waals surface area contributed by atoms with E-state index in [1.165, 1.54) is 0 Å². The molecule has 1 N–H and O–H groups in total. The molecule has 0 aliphatic carbocycles. The number of aryl methyl sites for hydroxylation is 1. The highest BCUT2D eigenvalue weighted by molar-refractivity contribution is 9.10. The Morgan fingerprint density at radius 1 is 1.38 bits per heavy atom. The third-order valence-electron chi connectivity index (χ3n) is 3.12. The van der Waals surface area contributed by atoms with Crippen LogP contribution in [0.1, 0.15) is 11.3 Å². The molecule has 1 heterocycles. The van der Waals surface area contributed by atoms with Crippen LogP contribution in [-0.4, -0.2) is 29.8 Å². The van der Waals surface area contributed by atoms with Crippen molar-refractivity contribution in [1.82, 2.24) is 14.9 Å². The lowest BCUT2D eigenvalue weighted by Gasteiger charge is -2.11. The first-order chi connectivity index (χ1) is 10.2. The molecule has 114 valence electrons. The van der Waals surface area contributed by atoms with Crippen molar-refractivity contribution in [2.45, 2.75) is 13.2 Å². The number of imidazole rings is 1. The standard InChI is InChI=1S/C15H20BrN3O2/c1-19-11-18-9-13(19)10-21-14-3-4-15(16)12(7-14)8-17-5-6-20-2/h3-4,7,9,11,17H,5-6,8,10H2,1-2H3. The van der Waals surface area contributed by atoms with Gasteiger partial charge in [0, 0.05) is 31.7 Å². The minimum absolute atomic E-state index is 0.509. The molecule has 0 atom stereocenters. The van der Waals surface area contributed by atoms with Gasteiger partial charge >= 0.3 is 0 Å². The van der Waals surface area contributed by atoms with E-state index in [9.17, 15) is 0 Å². The Morgan fingerprint density at radius 2 is 2.24 bits per heavy atom. The first-order valence-corrected chi connectivity index (χ1v) is 7.56. The Hall–Kier alpha value is -1.37. The van der Waals surface area contributed by atoms with Crippen molar-refractivity contribution in [2.24, 2.45) is 7.05 Å². The van der Waals surface area contributed by atoms with Crippen molar-refractivity contribution in [1.29, 1.82) is 0 Å². The second kappa shape index (κ2) is 8.17. The van der Waals surface area contributed by atoms with Gasteiger partial charge in [-0.2, -0.15) is 0 Å². The van der Waals surface area contributed by atoms with E-state index >= 15 is 0 Å². The predicted molar refractivity (Wildman–Crippen MR) is 85.3 cm³/mol. The first kappa shape index (κ1) is 16.0. The molecule has 1 aromatic heterocycles. The van der Waals surface area contributed by atoms with Gasteiger partial charge in [-0.3, -0.25) is 0 Å². The van der Waals surface area contributed by atoms with Gasteiger partial charge in [0.05, 0.1) is 24.8 Å². The number of rotatable bonds is 8. The van der Waals surface area contributed by atoms with Crippen molar-refractivity contribution in [3.05, 3.63) is 46.5 Å². The number of hydrogen-bond acceptors (Lipinski definition) is 4. The lowest BCUT2D eigenvalue weighted by Crippen LogP contribution is -2.18. The number of ether oxygens (including phenoxy) is 2. The third-order valence-corrected chi connectivity index (χ3v) is 3.89. The van der Waals surface area contributed by atoms with Gasteiger partial charge in [-0.1, -0.05) is 15.9 Å². The van der Waals surface area contributed by atoms with Gasteiger partial charge in [-0.05, 0) is 23.8 Å². The highest BCUT2D eigenvalue weighted by Crippen LogP contribution is 2.23. The van der Waals surface area contributed by atoms with Crippen LogP contribution in [-0.2, 0) is 24.9 Å². The molecule has 0 saturated heterocycles. The molecule has 0 amide bonds. The number of nitrogens with zero attached hydrogens (tertiary/aromatic N) is 2. The van der Waals surface area contributed by atoms with E-state index in [0.29, 0.717) is 13.2 Å². The van der Waals surface area contributed by atoms with Gasteiger partial charge in [0.2, 0.25) is 0 Å². The van der Waals surface area contributed by atoms with Crippen molar-refractivity contribution in [3.63, 3.8) is 0 Å². The maximum absolute atomic E-state index is 5.82. The second-order valence-electron chi connectivity index (χ2n) is 4.71. The average Bonchev–Trinajstić information content (AvgIpc) is 2.89. The number of halogens is 1. The third kappa shape index (κ3) is 4.84. The van der Waals surface area contributed by atoms with E-state index in [2.05, 4.69) is 26.2 Å². The van der Waals surface area contributed by atoms with Gasteiger partial charge in [0.25, 0.3) is 0 Å². The van der Waals surface area contributed by atoms with Crippen LogP contribution in [0.15, 0.2) is 35.2 Å². The molecule has 0 bridgehead atoms. The summed E-state index contributed by atoms with van der Waals surface area (Å²) >= 11 is 3.56. The van der Waals surface area contributed by atoms with Gasteiger partial charge in [-0.25, -0.2) is 4.98 Å². The van der Waals surface area contributed by atoms with Crippen molar-refractivity contribution in [3.8, 4) is 5.75 Å². The average molecular weight is 354 g/mol. The minimum atomic E-state index is 0.509. The van der Waals surface area contributed by atoms with Gasteiger partial charge in [0.1, 0.15) is 12.4 Å². The Kier molecular flexibility index (Phi) is 6.22. The molecule has 0 unspecified atom stereocenters. The Balaban J connectivity index is 1.93. The first-order valence-electron chi connectivity index (χ1n) is 6.77. The predicted octanol–water partition coefficient (Wildman–Crippen LogP) is 2.50. The molecule has 0 spiro atoms. The molecule has 1 aromatic carbocycles. The summed E-state index contributed by atoms with van der Waals surface area (Å²) in [5.74, 6) is 0.850. The maximum Gasteiger partial charge on any atom is 0.130 e. The zero-order valence-corrected chi connectivity index (χ0v) is 13.9. The number of hydrogen-bond donors (Lipinski definition) is 1. The monoisotopic (exact) mass is 353 g/mol. The summed E-state index contributed by atoms with van der Waals surface area (Å²) in [5.41, 5.74) is 2.20. The Bertz CT molecular complexity index is 572. The number of aromatic nitrogens is 2. The second-order valence-corrected chi connectivity index (χ2v) is 5.56. The van der Waals surface area contributed by atoms with E-state index in [4.69, 9.17) is 9.47 Å². The molecule has 5 nitrogen and oxygen atoms in total. The lowest BCUT2D eigenvalue weighted by molar-refractivity contribution is 0.199. The smallest absolute Gasteiger partial charge is 0.130 e. The van der Waals surface area contributed by atoms with Crippen LogP contribution < -0.4 is 10.1 Å². The van der Waals surface area contributed by atoms with E-state index in [0.717, 1.165) is 34.6 Å². The number of nitrogens with one attached hydrogen (secondary N) is 1. The van der Waals surface area contributed by atoms with E-state index in [1.54, 1.807) is 13.4 Å². The summed E-state index contributed by atoms with van der Waals surface area (Å²) in [4.78, 5) is 4.08. The Morgan fingerprint density at radius 3 is 2.95 bits per heavy atom. The van der Waals surface area contributed by atoms with Crippen LogP contribution in [0.4, 0.5) is 0 Å². The van der Waals surface area contributed by atoms with Gasteiger partial charge in [0.15, 0.2) is 0 Å². The molecule has 0 aliphatic heterocycles. The highest BCUT2D eigenvalue weighted by Gasteiger charge is 2.04. The topological polar surface area (TPSA) is 48.3 Å². The fourth-order valence-corrected chi connectivity index (χ4v) is 2.24. The normalized spacial score (nSPS) is 10.8. The summed E-state index contributed by atoms with van der Waals surface area (Å²) in [6, 6.07) is 6.01. The summed E-state index contributed by atoms with van der Waals surface area (Å²) in [6.45, 7) is 2.80. The fourth-order valence-electron chi connectivity index (χ4n) is 1.85. The molecular formula is C15H20BrN3O2. The van der Waals surface area contributed by atoms with Crippen molar-refractivity contribution in [2.75, 3.05) is 20.3 Å². The summed E-state index contributed by atoms with van der Waals surface area (Å²) < 4.78 is 13.9.